The third-order valence-electron chi connectivity index (χ3n) is 6.73. The molecule has 34 heavy (non-hydrogen) atoms. The minimum Gasteiger partial charge on any atom is -0.392 e. The molecule has 1 aliphatic heterocycles. The molecule has 6 nitrogen and oxygen atoms in total. The number of hydrogen-bond acceptors (Lipinski definition) is 5. The SMILES string of the molecule is O=C1C(c2ccc3nccnc3c2)=C(CO)Cc2c(C3=CCCCC3)c(-c3ccccc3)nn21. The van der Waals surface area contributed by atoms with E-state index in [0.717, 1.165) is 52.9 Å². The summed E-state index contributed by atoms with van der Waals surface area (Å²) in [6.45, 7) is -0.191. The van der Waals surface area contributed by atoms with Crippen molar-refractivity contribution in [2.24, 2.45) is 0 Å². The van der Waals surface area contributed by atoms with E-state index in [1.165, 1.54) is 12.0 Å². The Kier molecular flexibility index (Phi) is 5.15. The molecule has 168 valence electrons. The second-order valence-electron chi connectivity index (χ2n) is 8.80. The Labute approximate surface area is 197 Å². The van der Waals surface area contributed by atoms with E-state index in [1.807, 2.05) is 48.5 Å². The number of fused-ring (bicyclic) bond motifs is 2. The van der Waals surface area contributed by atoms with Gasteiger partial charge in [0.15, 0.2) is 0 Å². The summed E-state index contributed by atoms with van der Waals surface area (Å²) in [6.07, 6.45) is 10.4. The average Bonchev–Trinajstić information content (AvgIpc) is 3.29. The Bertz CT molecular complexity index is 1480. The van der Waals surface area contributed by atoms with Gasteiger partial charge in [0.2, 0.25) is 0 Å². The summed E-state index contributed by atoms with van der Waals surface area (Å²) in [7, 11) is 0. The maximum absolute atomic E-state index is 13.9. The van der Waals surface area contributed by atoms with E-state index >= 15 is 0 Å². The molecule has 0 bridgehead atoms. The highest BCUT2D eigenvalue weighted by molar-refractivity contribution is 6.23. The number of rotatable bonds is 4. The van der Waals surface area contributed by atoms with Crippen molar-refractivity contribution in [3.05, 3.63) is 89.4 Å². The van der Waals surface area contributed by atoms with Crippen molar-refractivity contribution < 1.29 is 9.90 Å². The third-order valence-corrected chi connectivity index (χ3v) is 6.73. The van der Waals surface area contributed by atoms with Gasteiger partial charge in [0, 0.05) is 29.9 Å². The molecule has 0 amide bonds. The quantitative estimate of drug-likeness (QED) is 0.470. The van der Waals surface area contributed by atoms with Crippen LogP contribution in [0.5, 0.6) is 0 Å². The number of allylic oxidation sites excluding steroid dienone is 3. The number of benzene rings is 2. The minimum absolute atomic E-state index is 0.191. The molecule has 0 saturated carbocycles. The van der Waals surface area contributed by atoms with Gasteiger partial charge in [0.25, 0.3) is 5.91 Å². The molecule has 6 rings (SSSR count). The highest BCUT2D eigenvalue weighted by atomic mass is 16.3. The van der Waals surface area contributed by atoms with Crippen LogP contribution in [0.25, 0.3) is 33.4 Å². The molecule has 6 heteroatoms. The molecule has 0 atom stereocenters. The zero-order valence-electron chi connectivity index (χ0n) is 18.7. The van der Waals surface area contributed by atoms with Gasteiger partial charge in [-0.15, -0.1) is 0 Å². The largest absolute Gasteiger partial charge is 0.392 e. The lowest BCUT2D eigenvalue weighted by Gasteiger charge is -2.22. The Morgan fingerprint density at radius 3 is 2.53 bits per heavy atom. The van der Waals surface area contributed by atoms with E-state index in [2.05, 4.69) is 16.0 Å². The average molecular weight is 449 g/mol. The standard InChI is InChI=1S/C28H24N4O2/c33-17-21-16-24-26(18-7-3-1-4-8-18)27(19-9-5-2-6-10-19)31-32(24)28(34)25(21)20-11-12-22-23(15-20)30-14-13-29-22/h2,5-7,9-15,33H,1,3-4,8,16-17H2. The van der Waals surface area contributed by atoms with Crippen LogP contribution < -0.4 is 0 Å². The van der Waals surface area contributed by atoms with Crippen molar-refractivity contribution >= 4 is 28.1 Å². The number of carbonyl (C=O) groups is 1. The van der Waals surface area contributed by atoms with Gasteiger partial charge in [-0.25, -0.2) is 0 Å². The van der Waals surface area contributed by atoms with Crippen LogP contribution in [0.2, 0.25) is 0 Å². The summed E-state index contributed by atoms with van der Waals surface area (Å²) in [4.78, 5) is 22.6. The van der Waals surface area contributed by atoms with Crippen molar-refractivity contribution in [3.63, 3.8) is 0 Å². The smallest absolute Gasteiger partial charge is 0.279 e. The summed E-state index contributed by atoms with van der Waals surface area (Å²) in [5.41, 5.74) is 8.39. The van der Waals surface area contributed by atoms with Crippen LogP contribution in [0.1, 0.15) is 47.3 Å². The fourth-order valence-electron chi connectivity index (χ4n) is 5.11. The summed E-state index contributed by atoms with van der Waals surface area (Å²) in [5, 5.41) is 15.2. The Hall–Kier alpha value is -3.90. The van der Waals surface area contributed by atoms with Crippen LogP contribution in [0.15, 0.2) is 72.6 Å². The van der Waals surface area contributed by atoms with Crippen LogP contribution in [-0.4, -0.2) is 37.4 Å². The maximum atomic E-state index is 13.9. The minimum atomic E-state index is -0.214. The molecular weight excluding hydrogens is 424 g/mol. The number of nitrogens with zero attached hydrogens (tertiary/aromatic N) is 4. The van der Waals surface area contributed by atoms with Crippen LogP contribution in [0.3, 0.4) is 0 Å². The first-order chi connectivity index (χ1) is 16.7. The van der Waals surface area contributed by atoms with Gasteiger partial charge in [0.1, 0.15) is 5.69 Å². The zero-order chi connectivity index (χ0) is 23.1. The highest BCUT2D eigenvalue weighted by Gasteiger charge is 2.33. The van der Waals surface area contributed by atoms with Gasteiger partial charge in [0.05, 0.1) is 28.9 Å². The van der Waals surface area contributed by atoms with Crippen LogP contribution in [0, 0.1) is 0 Å². The molecule has 0 saturated heterocycles. The first-order valence-electron chi connectivity index (χ1n) is 11.7. The number of hydrogen-bond donors (Lipinski definition) is 1. The molecule has 1 N–H and O–H groups in total. The van der Waals surface area contributed by atoms with E-state index in [1.54, 1.807) is 17.1 Å². The zero-order valence-corrected chi connectivity index (χ0v) is 18.7. The van der Waals surface area contributed by atoms with Crippen LogP contribution in [0.4, 0.5) is 0 Å². The predicted molar refractivity (Wildman–Crippen MR) is 132 cm³/mol. The summed E-state index contributed by atoms with van der Waals surface area (Å²) >= 11 is 0. The molecule has 3 heterocycles. The molecule has 0 spiro atoms. The normalized spacial score (nSPS) is 16.0. The lowest BCUT2D eigenvalue weighted by Crippen LogP contribution is -2.25. The fourth-order valence-corrected chi connectivity index (χ4v) is 5.11. The van der Waals surface area contributed by atoms with Crippen molar-refractivity contribution in [1.29, 1.82) is 0 Å². The van der Waals surface area contributed by atoms with Gasteiger partial charge >= 0.3 is 0 Å². The van der Waals surface area contributed by atoms with Gasteiger partial charge in [-0.1, -0.05) is 42.5 Å². The first kappa shape index (κ1) is 20.7. The van der Waals surface area contributed by atoms with Crippen LogP contribution >= 0.6 is 0 Å². The molecule has 0 fully saturated rings. The number of carbonyl (C=O) groups excluding carboxylic acids is 1. The Morgan fingerprint density at radius 1 is 0.941 bits per heavy atom. The van der Waals surface area contributed by atoms with Gasteiger partial charge in [-0.2, -0.15) is 9.78 Å². The van der Waals surface area contributed by atoms with E-state index in [-0.39, 0.29) is 12.5 Å². The van der Waals surface area contributed by atoms with Gasteiger partial charge in [-0.3, -0.25) is 14.8 Å². The van der Waals surface area contributed by atoms with E-state index in [4.69, 9.17) is 5.10 Å². The number of aliphatic hydroxyl groups excluding tert-OH is 1. The van der Waals surface area contributed by atoms with Crippen molar-refractivity contribution in [2.75, 3.05) is 6.61 Å². The van der Waals surface area contributed by atoms with Crippen molar-refractivity contribution in [3.8, 4) is 11.3 Å². The summed E-state index contributed by atoms with van der Waals surface area (Å²) in [5.74, 6) is -0.214. The van der Waals surface area contributed by atoms with Crippen molar-refractivity contribution in [2.45, 2.75) is 32.1 Å². The molecule has 4 aromatic rings. The molecule has 2 aromatic carbocycles. The summed E-state index contributed by atoms with van der Waals surface area (Å²) in [6, 6.07) is 15.6. The second-order valence-corrected chi connectivity index (χ2v) is 8.80. The van der Waals surface area contributed by atoms with Gasteiger partial charge < -0.3 is 5.11 Å². The van der Waals surface area contributed by atoms with Gasteiger partial charge in [-0.05, 0) is 54.5 Å². The number of aliphatic hydroxyl groups is 1. The lowest BCUT2D eigenvalue weighted by atomic mass is 9.86. The third kappa shape index (κ3) is 3.38. The lowest BCUT2D eigenvalue weighted by molar-refractivity contribution is 0.0956. The molecule has 2 aliphatic rings. The predicted octanol–water partition coefficient (Wildman–Crippen LogP) is 5.09. The molecule has 0 radical (unpaired) electrons. The molecular formula is C28H24N4O2. The van der Waals surface area contributed by atoms with E-state index < -0.39 is 0 Å². The van der Waals surface area contributed by atoms with Crippen molar-refractivity contribution in [1.82, 2.24) is 19.7 Å². The topological polar surface area (TPSA) is 80.9 Å². The monoisotopic (exact) mass is 448 g/mol. The Morgan fingerprint density at radius 2 is 1.76 bits per heavy atom. The second kappa shape index (κ2) is 8.47. The van der Waals surface area contributed by atoms with Crippen LogP contribution in [-0.2, 0) is 6.42 Å². The number of aromatic nitrogens is 4. The summed E-state index contributed by atoms with van der Waals surface area (Å²) < 4.78 is 1.56. The fraction of sp³-hybridized carbons (Fsp3) is 0.214. The Balaban J connectivity index is 1.54. The highest BCUT2D eigenvalue weighted by Crippen LogP contribution is 2.40. The molecule has 0 unspecified atom stereocenters. The molecule has 1 aliphatic carbocycles. The van der Waals surface area contributed by atoms with E-state index in [9.17, 15) is 9.90 Å². The molecule has 2 aromatic heterocycles. The maximum Gasteiger partial charge on any atom is 0.279 e. The van der Waals surface area contributed by atoms with E-state index in [0.29, 0.717) is 23.1 Å². The first-order valence-corrected chi connectivity index (χ1v) is 11.7.